The van der Waals surface area contributed by atoms with Gasteiger partial charge >= 0.3 is 18.2 Å². The number of imide groups is 1. The van der Waals surface area contributed by atoms with E-state index in [0.29, 0.717) is 30.7 Å². The smallest absolute Gasteiger partial charge is 0.460 e. The largest absolute Gasteiger partial charge is 0.534 e. The van der Waals surface area contributed by atoms with Crippen LogP contribution in [0.3, 0.4) is 0 Å². The first-order valence-electron chi connectivity index (χ1n) is 13.3. The Labute approximate surface area is 234 Å². The summed E-state index contributed by atoms with van der Waals surface area (Å²) < 4.78 is 20.6. The molecule has 1 rings (SSSR count). The van der Waals surface area contributed by atoms with Gasteiger partial charge in [0.05, 0.1) is 13.2 Å². The van der Waals surface area contributed by atoms with Gasteiger partial charge in [-0.1, -0.05) is 17.9 Å². The second-order valence-electron chi connectivity index (χ2n) is 11.1. The van der Waals surface area contributed by atoms with E-state index in [-0.39, 0.29) is 51.6 Å². The lowest BCUT2D eigenvalue weighted by Crippen LogP contribution is -2.48. The van der Waals surface area contributed by atoms with Gasteiger partial charge in [-0.3, -0.25) is 24.0 Å². The fourth-order valence-corrected chi connectivity index (χ4v) is 3.32. The number of esters is 1. The number of amides is 4. The molecule has 1 atom stereocenters. The third-order valence-electron chi connectivity index (χ3n) is 4.97. The molecule has 0 aromatic rings. The standard InChI is InChI=1S/C26H43N3O11/c1-25(2,3)38-21(32)11-9-7-8-10-18(28-23(34)39-26(4,5)6)22(33)27-14-15-36-16-17-37-24(35)40-29-19(30)12-13-20(29)31/h18H,7-17H2,1-6H3,(H,27,33)(H,28,34). The summed E-state index contributed by atoms with van der Waals surface area (Å²) in [6, 6.07) is -0.856. The van der Waals surface area contributed by atoms with Crippen LogP contribution < -0.4 is 10.6 Å². The van der Waals surface area contributed by atoms with Gasteiger partial charge in [-0.05, 0) is 54.4 Å². The number of hydrogen-bond acceptors (Lipinski definition) is 11. The van der Waals surface area contributed by atoms with E-state index >= 15 is 0 Å². The van der Waals surface area contributed by atoms with Crippen molar-refractivity contribution in [3.05, 3.63) is 0 Å². The summed E-state index contributed by atoms with van der Waals surface area (Å²) in [4.78, 5) is 75.7. The lowest BCUT2D eigenvalue weighted by molar-refractivity contribution is -0.177. The molecule has 14 heteroatoms. The van der Waals surface area contributed by atoms with Crippen LogP contribution in [0.4, 0.5) is 9.59 Å². The molecular weight excluding hydrogens is 530 g/mol. The fourth-order valence-electron chi connectivity index (χ4n) is 3.32. The minimum absolute atomic E-state index is 0.0237. The predicted molar refractivity (Wildman–Crippen MR) is 139 cm³/mol. The number of unbranched alkanes of at least 4 members (excludes halogenated alkanes) is 2. The Hall–Kier alpha value is -3.42. The van der Waals surface area contributed by atoms with Gasteiger partial charge in [0.15, 0.2) is 0 Å². The Bertz CT molecular complexity index is 877. The molecule has 0 aliphatic carbocycles. The molecule has 2 N–H and O–H groups in total. The molecule has 0 spiro atoms. The molecule has 1 fully saturated rings. The molecule has 1 aliphatic rings. The maximum absolute atomic E-state index is 12.7. The van der Waals surface area contributed by atoms with Gasteiger partial charge in [0, 0.05) is 25.8 Å². The lowest BCUT2D eigenvalue weighted by Gasteiger charge is -2.23. The zero-order valence-electron chi connectivity index (χ0n) is 24.3. The van der Waals surface area contributed by atoms with Crippen molar-refractivity contribution in [2.75, 3.05) is 26.4 Å². The van der Waals surface area contributed by atoms with Crippen LogP contribution in [0.25, 0.3) is 0 Å². The lowest BCUT2D eigenvalue weighted by atomic mass is 10.1. The number of carbonyl (C=O) groups is 6. The van der Waals surface area contributed by atoms with E-state index in [9.17, 15) is 28.8 Å². The topological polar surface area (TPSA) is 176 Å². The summed E-state index contributed by atoms with van der Waals surface area (Å²) in [6.07, 6.45) is 0.441. The Morgan fingerprint density at radius 3 is 2.08 bits per heavy atom. The first kappa shape index (κ1) is 34.6. The van der Waals surface area contributed by atoms with Crippen LogP contribution in [0.2, 0.25) is 0 Å². The monoisotopic (exact) mass is 573 g/mol. The maximum Gasteiger partial charge on any atom is 0.534 e. The van der Waals surface area contributed by atoms with Gasteiger partial charge in [-0.15, -0.1) is 0 Å². The average molecular weight is 574 g/mol. The number of rotatable bonds is 15. The molecule has 4 amide bonds. The average Bonchev–Trinajstić information content (AvgIpc) is 3.12. The molecule has 0 aromatic carbocycles. The highest BCUT2D eigenvalue weighted by molar-refractivity contribution is 6.01. The van der Waals surface area contributed by atoms with Crippen LogP contribution in [0.1, 0.15) is 86.5 Å². The van der Waals surface area contributed by atoms with Crippen molar-refractivity contribution in [1.29, 1.82) is 0 Å². The highest BCUT2D eigenvalue weighted by Gasteiger charge is 2.33. The Morgan fingerprint density at radius 1 is 0.850 bits per heavy atom. The van der Waals surface area contributed by atoms with Crippen LogP contribution in [0.15, 0.2) is 0 Å². The van der Waals surface area contributed by atoms with Crippen molar-refractivity contribution in [2.24, 2.45) is 0 Å². The van der Waals surface area contributed by atoms with Gasteiger partial charge in [0.25, 0.3) is 11.8 Å². The van der Waals surface area contributed by atoms with Crippen LogP contribution in [0, 0.1) is 0 Å². The number of hydroxylamine groups is 2. The SMILES string of the molecule is CC(C)(C)OC(=O)CCCCCC(NC(=O)OC(C)(C)C)C(=O)NCCOCCOC(=O)ON1C(=O)CCC1=O. The van der Waals surface area contributed by atoms with E-state index in [4.69, 9.17) is 18.9 Å². The van der Waals surface area contributed by atoms with Crippen LogP contribution in [0.5, 0.6) is 0 Å². The molecule has 228 valence electrons. The van der Waals surface area contributed by atoms with Crippen molar-refractivity contribution in [2.45, 2.75) is 104 Å². The molecule has 0 saturated carbocycles. The van der Waals surface area contributed by atoms with E-state index in [1.807, 2.05) is 0 Å². The van der Waals surface area contributed by atoms with Gasteiger partial charge in [0.2, 0.25) is 5.91 Å². The summed E-state index contributed by atoms with van der Waals surface area (Å²) in [7, 11) is 0. The van der Waals surface area contributed by atoms with Crippen molar-refractivity contribution >= 4 is 35.9 Å². The molecular formula is C26H43N3O11. The Balaban J connectivity index is 2.36. The van der Waals surface area contributed by atoms with Gasteiger partial charge in [-0.2, -0.15) is 0 Å². The van der Waals surface area contributed by atoms with Crippen LogP contribution >= 0.6 is 0 Å². The number of hydrogen-bond donors (Lipinski definition) is 2. The zero-order chi connectivity index (χ0) is 30.3. The molecule has 40 heavy (non-hydrogen) atoms. The summed E-state index contributed by atoms with van der Waals surface area (Å²) in [5, 5.41) is 5.63. The molecule has 0 bridgehead atoms. The molecule has 0 radical (unpaired) electrons. The number of ether oxygens (including phenoxy) is 4. The Morgan fingerprint density at radius 2 is 1.48 bits per heavy atom. The van der Waals surface area contributed by atoms with Crippen LogP contribution in [-0.2, 0) is 43.0 Å². The second-order valence-corrected chi connectivity index (χ2v) is 11.1. The van der Waals surface area contributed by atoms with Crippen molar-refractivity contribution < 1.29 is 52.6 Å². The first-order chi connectivity index (χ1) is 18.6. The molecule has 1 aliphatic heterocycles. The molecule has 0 aromatic heterocycles. The fraction of sp³-hybridized carbons (Fsp3) is 0.769. The quantitative estimate of drug-likeness (QED) is 0.127. The zero-order valence-corrected chi connectivity index (χ0v) is 24.3. The highest BCUT2D eigenvalue weighted by atomic mass is 16.8. The first-order valence-corrected chi connectivity index (χ1v) is 13.3. The minimum atomic E-state index is -1.21. The summed E-state index contributed by atoms with van der Waals surface area (Å²) in [6.45, 7) is 10.5. The molecule has 14 nitrogen and oxygen atoms in total. The van der Waals surface area contributed by atoms with Gasteiger partial charge < -0.3 is 29.6 Å². The molecule has 1 unspecified atom stereocenters. The van der Waals surface area contributed by atoms with Crippen molar-refractivity contribution in [1.82, 2.24) is 15.7 Å². The maximum atomic E-state index is 12.7. The van der Waals surface area contributed by atoms with Crippen molar-refractivity contribution in [3.8, 4) is 0 Å². The summed E-state index contributed by atoms with van der Waals surface area (Å²) in [5.74, 6) is -1.95. The van der Waals surface area contributed by atoms with E-state index in [1.165, 1.54) is 0 Å². The summed E-state index contributed by atoms with van der Waals surface area (Å²) >= 11 is 0. The third-order valence-corrected chi connectivity index (χ3v) is 4.97. The summed E-state index contributed by atoms with van der Waals surface area (Å²) in [5.41, 5.74) is -1.28. The minimum Gasteiger partial charge on any atom is -0.460 e. The molecule has 1 saturated heterocycles. The van der Waals surface area contributed by atoms with Gasteiger partial charge in [-0.25, -0.2) is 9.59 Å². The molecule has 1 heterocycles. The second kappa shape index (κ2) is 16.6. The van der Waals surface area contributed by atoms with E-state index in [0.717, 1.165) is 0 Å². The Kier molecular flexibility index (Phi) is 14.4. The van der Waals surface area contributed by atoms with E-state index in [2.05, 4.69) is 15.5 Å². The van der Waals surface area contributed by atoms with E-state index in [1.54, 1.807) is 41.5 Å². The third kappa shape index (κ3) is 15.9. The van der Waals surface area contributed by atoms with Gasteiger partial charge in [0.1, 0.15) is 23.9 Å². The number of alkyl carbamates (subject to hydrolysis) is 1. The number of carbonyl (C=O) groups excluding carboxylic acids is 6. The van der Waals surface area contributed by atoms with Crippen LogP contribution in [-0.4, -0.2) is 84.6 Å². The normalized spacial score (nSPS) is 14.4. The number of nitrogens with zero attached hydrogens (tertiary/aromatic N) is 1. The van der Waals surface area contributed by atoms with E-state index < -0.39 is 47.2 Å². The predicted octanol–water partition coefficient (Wildman–Crippen LogP) is 2.52. The van der Waals surface area contributed by atoms with Crippen molar-refractivity contribution in [3.63, 3.8) is 0 Å². The highest BCUT2D eigenvalue weighted by Crippen LogP contribution is 2.14. The number of nitrogens with one attached hydrogen (secondary N) is 2.